The summed E-state index contributed by atoms with van der Waals surface area (Å²) in [6, 6.07) is 4.61. The predicted molar refractivity (Wildman–Crippen MR) is 86.0 cm³/mol. The van der Waals surface area contributed by atoms with E-state index in [2.05, 4.69) is 4.90 Å². The number of rotatable bonds is 6. The van der Waals surface area contributed by atoms with Gasteiger partial charge in [0.2, 0.25) is 5.91 Å². The highest BCUT2D eigenvalue weighted by Crippen LogP contribution is 2.18. The van der Waals surface area contributed by atoms with Crippen LogP contribution in [0.4, 0.5) is 4.39 Å². The van der Waals surface area contributed by atoms with Gasteiger partial charge >= 0.3 is 0 Å². The van der Waals surface area contributed by atoms with Gasteiger partial charge < -0.3 is 14.7 Å². The number of amides is 1. The Kier molecular flexibility index (Phi) is 6.36. The molecular formula is C17H25FN2O3. The van der Waals surface area contributed by atoms with Crippen molar-refractivity contribution in [1.82, 2.24) is 9.80 Å². The first-order valence-electron chi connectivity index (χ1n) is 8.04. The Hall–Kier alpha value is -1.66. The zero-order valence-corrected chi connectivity index (χ0v) is 13.8. The van der Waals surface area contributed by atoms with E-state index in [4.69, 9.17) is 4.74 Å². The Bertz CT molecular complexity index is 531. The van der Waals surface area contributed by atoms with Crippen molar-refractivity contribution in [3.63, 3.8) is 0 Å². The Morgan fingerprint density at radius 1 is 1.35 bits per heavy atom. The molecule has 1 unspecified atom stereocenters. The van der Waals surface area contributed by atoms with E-state index < -0.39 is 5.82 Å². The molecule has 1 fully saturated rings. The van der Waals surface area contributed by atoms with Crippen molar-refractivity contribution in [2.75, 3.05) is 39.8 Å². The zero-order valence-electron chi connectivity index (χ0n) is 13.8. The lowest BCUT2D eigenvalue weighted by molar-refractivity contribution is -0.132. The van der Waals surface area contributed by atoms with Gasteiger partial charge in [-0.25, -0.2) is 4.39 Å². The number of β-amino-alcohol motifs (C(OH)–C–C–N with tert-alkyl or cyclic N) is 1. The Morgan fingerprint density at radius 3 is 2.61 bits per heavy atom. The number of piperazine rings is 1. The van der Waals surface area contributed by atoms with Crippen LogP contribution in [-0.2, 0) is 11.2 Å². The summed E-state index contributed by atoms with van der Waals surface area (Å²) >= 11 is 0. The lowest BCUT2D eigenvalue weighted by Gasteiger charge is -2.35. The number of carbonyl (C=O) groups is 1. The van der Waals surface area contributed by atoms with E-state index in [0.29, 0.717) is 25.2 Å². The minimum atomic E-state index is -0.448. The first-order valence-corrected chi connectivity index (χ1v) is 8.04. The van der Waals surface area contributed by atoms with E-state index in [-0.39, 0.29) is 24.2 Å². The fourth-order valence-electron chi connectivity index (χ4n) is 2.71. The smallest absolute Gasteiger partial charge is 0.227 e. The van der Waals surface area contributed by atoms with Crippen LogP contribution in [0.1, 0.15) is 18.9 Å². The van der Waals surface area contributed by atoms with Gasteiger partial charge in [-0.2, -0.15) is 0 Å². The summed E-state index contributed by atoms with van der Waals surface area (Å²) in [5.74, 6) is -0.259. The molecule has 1 heterocycles. The van der Waals surface area contributed by atoms with Crippen LogP contribution in [0, 0.1) is 5.82 Å². The molecule has 2 rings (SSSR count). The quantitative estimate of drug-likeness (QED) is 0.857. The van der Waals surface area contributed by atoms with Crippen LogP contribution in [-0.4, -0.2) is 66.8 Å². The third-order valence-electron chi connectivity index (χ3n) is 4.24. The first kappa shape index (κ1) is 17.7. The van der Waals surface area contributed by atoms with Crippen molar-refractivity contribution in [3.05, 3.63) is 29.6 Å². The molecule has 0 aliphatic carbocycles. The van der Waals surface area contributed by atoms with Crippen molar-refractivity contribution in [2.45, 2.75) is 25.9 Å². The Morgan fingerprint density at radius 2 is 2.04 bits per heavy atom. The molecule has 23 heavy (non-hydrogen) atoms. The van der Waals surface area contributed by atoms with Crippen LogP contribution in [0.2, 0.25) is 0 Å². The van der Waals surface area contributed by atoms with E-state index in [1.807, 2.05) is 6.92 Å². The van der Waals surface area contributed by atoms with Gasteiger partial charge in [0.1, 0.15) is 0 Å². The molecule has 1 aromatic rings. The Labute approximate surface area is 136 Å². The molecule has 1 aliphatic heterocycles. The molecule has 1 atom stereocenters. The third-order valence-corrected chi connectivity index (χ3v) is 4.24. The maximum Gasteiger partial charge on any atom is 0.227 e. The number of benzene rings is 1. The molecular weight excluding hydrogens is 299 g/mol. The van der Waals surface area contributed by atoms with Crippen molar-refractivity contribution in [3.8, 4) is 5.75 Å². The summed E-state index contributed by atoms with van der Waals surface area (Å²) in [6.07, 6.45) is 0.625. The lowest BCUT2D eigenvalue weighted by atomic mass is 10.1. The summed E-state index contributed by atoms with van der Waals surface area (Å²) in [5.41, 5.74) is 0.650. The van der Waals surface area contributed by atoms with Crippen molar-refractivity contribution in [1.29, 1.82) is 0 Å². The molecule has 0 aromatic heterocycles. The van der Waals surface area contributed by atoms with Gasteiger partial charge in [0.25, 0.3) is 0 Å². The van der Waals surface area contributed by atoms with E-state index in [9.17, 15) is 14.3 Å². The molecule has 1 aliphatic rings. The van der Waals surface area contributed by atoms with Crippen LogP contribution in [0.5, 0.6) is 5.75 Å². The van der Waals surface area contributed by atoms with E-state index in [0.717, 1.165) is 19.5 Å². The van der Waals surface area contributed by atoms with Crippen LogP contribution >= 0.6 is 0 Å². The standard InChI is InChI=1S/C17H25FN2O3/c1-3-14(21)12-19-6-8-20(9-7-19)17(22)11-13-4-5-16(23-2)15(18)10-13/h4-5,10,14,21H,3,6-9,11-12H2,1-2H3. The minimum absolute atomic E-state index is 0.00487. The molecule has 1 amide bonds. The van der Waals surface area contributed by atoms with E-state index in [1.54, 1.807) is 17.0 Å². The van der Waals surface area contributed by atoms with Gasteiger partial charge in [-0.3, -0.25) is 9.69 Å². The van der Waals surface area contributed by atoms with E-state index >= 15 is 0 Å². The summed E-state index contributed by atoms with van der Waals surface area (Å²) in [4.78, 5) is 16.3. The average Bonchev–Trinajstić information content (AvgIpc) is 2.55. The molecule has 128 valence electrons. The molecule has 0 saturated carbocycles. The number of methoxy groups -OCH3 is 1. The monoisotopic (exact) mass is 324 g/mol. The molecule has 1 aromatic carbocycles. The molecule has 0 bridgehead atoms. The maximum atomic E-state index is 13.7. The normalized spacial score (nSPS) is 17.1. The highest BCUT2D eigenvalue weighted by Gasteiger charge is 2.22. The number of nitrogens with zero attached hydrogens (tertiary/aromatic N) is 2. The molecule has 6 heteroatoms. The van der Waals surface area contributed by atoms with Crippen LogP contribution in [0.3, 0.4) is 0 Å². The minimum Gasteiger partial charge on any atom is -0.494 e. The molecule has 5 nitrogen and oxygen atoms in total. The second-order valence-electron chi connectivity index (χ2n) is 5.89. The highest BCUT2D eigenvalue weighted by atomic mass is 19.1. The number of aliphatic hydroxyl groups excluding tert-OH is 1. The van der Waals surface area contributed by atoms with Crippen LogP contribution in [0.25, 0.3) is 0 Å². The van der Waals surface area contributed by atoms with Crippen LogP contribution < -0.4 is 4.74 Å². The topological polar surface area (TPSA) is 53.0 Å². The van der Waals surface area contributed by atoms with Gasteiger partial charge in [-0.05, 0) is 24.1 Å². The van der Waals surface area contributed by atoms with E-state index in [1.165, 1.54) is 13.2 Å². The molecule has 0 radical (unpaired) electrons. The van der Waals surface area contributed by atoms with Gasteiger partial charge in [0.05, 0.1) is 19.6 Å². The summed E-state index contributed by atoms with van der Waals surface area (Å²) in [5, 5.41) is 9.68. The maximum absolute atomic E-state index is 13.7. The molecule has 1 N–H and O–H groups in total. The lowest BCUT2D eigenvalue weighted by Crippen LogP contribution is -2.50. The second kappa shape index (κ2) is 8.26. The van der Waals surface area contributed by atoms with Crippen molar-refractivity contribution in [2.24, 2.45) is 0 Å². The number of aliphatic hydroxyl groups is 1. The van der Waals surface area contributed by atoms with Gasteiger partial charge in [0, 0.05) is 32.7 Å². The summed E-state index contributed by atoms with van der Waals surface area (Å²) < 4.78 is 18.5. The summed E-state index contributed by atoms with van der Waals surface area (Å²) in [6.45, 7) is 5.43. The number of halogens is 1. The number of hydrogen-bond donors (Lipinski definition) is 1. The third kappa shape index (κ3) is 4.91. The average molecular weight is 324 g/mol. The predicted octanol–water partition coefficient (Wildman–Crippen LogP) is 1.29. The van der Waals surface area contributed by atoms with Gasteiger partial charge in [-0.15, -0.1) is 0 Å². The number of ether oxygens (including phenoxy) is 1. The number of hydrogen-bond acceptors (Lipinski definition) is 4. The van der Waals surface area contributed by atoms with Gasteiger partial charge in [0.15, 0.2) is 11.6 Å². The van der Waals surface area contributed by atoms with Gasteiger partial charge in [-0.1, -0.05) is 13.0 Å². The molecule has 0 spiro atoms. The zero-order chi connectivity index (χ0) is 16.8. The fraction of sp³-hybridized carbons (Fsp3) is 0.588. The number of carbonyl (C=O) groups excluding carboxylic acids is 1. The summed E-state index contributed by atoms with van der Waals surface area (Å²) in [7, 11) is 1.41. The van der Waals surface area contributed by atoms with Crippen molar-refractivity contribution >= 4 is 5.91 Å². The Balaban J connectivity index is 1.84. The molecule has 1 saturated heterocycles. The first-order chi connectivity index (χ1) is 11.0. The second-order valence-corrected chi connectivity index (χ2v) is 5.89. The SMILES string of the molecule is CCC(O)CN1CCN(C(=O)Cc2ccc(OC)c(F)c2)CC1. The highest BCUT2D eigenvalue weighted by molar-refractivity contribution is 5.79. The van der Waals surface area contributed by atoms with Crippen LogP contribution in [0.15, 0.2) is 18.2 Å². The fourth-order valence-corrected chi connectivity index (χ4v) is 2.71. The van der Waals surface area contributed by atoms with Crippen molar-refractivity contribution < 1.29 is 19.0 Å². The largest absolute Gasteiger partial charge is 0.494 e.